The number of aromatic nitrogens is 2. The zero-order chi connectivity index (χ0) is 25.7. The van der Waals surface area contributed by atoms with Crippen molar-refractivity contribution in [1.29, 1.82) is 0 Å². The number of thiol groups is 2. The first kappa shape index (κ1) is 29.1. The summed E-state index contributed by atoms with van der Waals surface area (Å²) >= 11 is 8.05. The predicted molar refractivity (Wildman–Crippen MR) is 131 cm³/mol. The van der Waals surface area contributed by atoms with Crippen molar-refractivity contribution in [1.82, 2.24) is 25.9 Å². The van der Waals surface area contributed by atoms with Crippen molar-refractivity contribution in [3.8, 4) is 0 Å². The molecule has 190 valence electrons. The van der Waals surface area contributed by atoms with E-state index in [-0.39, 0.29) is 36.9 Å². The molecule has 16 heteroatoms. The Labute approximate surface area is 207 Å². The molecule has 0 fully saturated rings. The molecular weight excluding hydrogens is 486 g/mol. The molecule has 4 atom stereocenters. The van der Waals surface area contributed by atoms with Crippen molar-refractivity contribution in [2.75, 3.05) is 18.1 Å². The van der Waals surface area contributed by atoms with E-state index in [0.29, 0.717) is 12.1 Å². The van der Waals surface area contributed by atoms with Gasteiger partial charge in [-0.3, -0.25) is 19.4 Å². The third-order valence-corrected chi connectivity index (χ3v) is 5.28. The first-order valence-electron chi connectivity index (χ1n) is 10.2. The van der Waals surface area contributed by atoms with Crippen LogP contribution in [0.2, 0.25) is 0 Å². The van der Waals surface area contributed by atoms with E-state index < -0.39 is 47.9 Å². The van der Waals surface area contributed by atoms with Crippen LogP contribution in [-0.2, 0) is 25.6 Å². The Morgan fingerprint density at radius 3 is 2.18 bits per heavy atom. The highest BCUT2D eigenvalue weighted by molar-refractivity contribution is 7.80. The summed E-state index contributed by atoms with van der Waals surface area (Å²) in [7, 11) is 0. The molecule has 0 spiro atoms. The number of hydrogen-bond donors (Lipinski definition) is 10. The smallest absolute Gasteiger partial charge is 0.326 e. The monoisotopic (exact) mass is 517 g/mol. The third kappa shape index (κ3) is 10.3. The second-order valence-electron chi connectivity index (χ2n) is 7.22. The number of nitrogens with zero attached hydrogens (tertiary/aromatic N) is 2. The lowest BCUT2D eigenvalue weighted by Gasteiger charge is -2.24. The number of imidazole rings is 1. The molecule has 14 nitrogen and oxygen atoms in total. The summed E-state index contributed by atoms with van der Waals surface area (Å²) in [6, 6.07) is -4.44. The quantitative estimate of drug-likeness (QED) is 0.0484. The van der Waals surface area contributed by atoms with Gasteiger partial charge in [0.2, 0.25) is 17.7 Å². The number of carboxylic acid groups (broad SMARTS) is 1. The van der Waals surface area contributed by atoms with Crippen LogP contribution in [0.5, 0.6) is 0 Å². The molecule has 0 saturated heterocycles. The van der Waals surface area contributed by atoms with Crippen molar-refractivity contribution >= 4 is 54.9 Å². The topological polar surface area (TPSA) is 244 Å². The lowest BCUT2D eigenvalue weighted by atomic mass is 10.1. The van der Waals surface area contributed by atoms with Gasteiger partial charge >= 0.3 is 5.97 Å². The highest BCUT2D eigenvalue weighted by atomic mass is 32.1. The van der Waals surface area contributed by atoms with Gasteiger partial charge in [0.15, 0.2) is 5.96 Å². The zero-order valence-electron chi connectivity index (χ0n) is 18.3. The van der Waals surface area contributed by atoms with Gasteiger partial charge in [-0.25, -0.2) is 9.78 Å². The normalized spacial score (nSPS) is 14.2. The summed E-state index contributed by atoms with van der Waals surface area (Å²) in [5, 5.41) is 16.8. The molecule has 0 aliphatic carbocycles. The van der Waals surface area contributed by atoms with Crippen molar-refractivity contribution in [3.05, 3.63) is 18.2 Å². The van der Waals surface area contributed by atoms with Crippen LogP contribution in [0.1, 0.15) is 18.5 Å². The van der Waals surface area contributed by atoms with Gasteiger partial charge in [0.25, 0.3) is 0 Å². The Balaban J connectivity index is 2.85. The van der Waals surface area contributed by atoms with Crippen molar-refractivity contribution in [2.24, 2.45) is 22.2 Å². The number of carbonyl (C=O) groups excluding carboxylic acids is 3. The summed E-state index contributed by atoms with van der Waals surface area (Å²) in [5.41, 5.74) is 16.7. The maximum atomic E-state index is 12.9. The molecule has 0 saturated carbocycles. The van der Waals surface area contributed by atoms with Crippen LogP contribution in [-0.4, -0.2) is 86.9 Å². The van der Waals surface area contributed by atoms with Crippen LogP contribution < -0.4 is 33.2 Å². The van der Waals surface area contributed by atoms with Crippen LogP contribution >= 0.6 is 25.3 Å². The SMILES string of the molecule is NC(N)=NCCCC(NC(=O)C(N)CS)C(=O)NC(CS)C(=O)NC(Cc1cnc[nH]1)C(=O)O. The fraction of sp³-hybridized carbons (Fsp3) is 0.556. The third-order valence-electron chi connectivity index (χ3n) is 4.52. The van der Waals surface area contributed by atoms with E-state index >= 15 is 0 Å². The minimum atomic E-state index is -1.27. The van der Waals surface area contributed by atoms with E-state index in [1.54, 1.807) is 0 Å². The van der Waals surface area contributed by atoms with Gasteiger partial charge < -0.3 is 43.2 Å². The van der Waals surface area contributed by atoms with Gasteiger partial charge in [-0.1, -0.05) is 0 Å². The minimum absolute atomic E-state index is 0.0423. The largest absolute Gasteiger partial charge is 0.480 e. The maximum Gasteiger partial charge on any atom is 0.326 e. The van der Waals surface area contributed by atoms with Crippen LogP contribution in [0.4, 0.5) is 0 Å². The van der Waals surface area contributed by atoms with E-state index in [1.807, 2.05) is 0 Å². The second-order valence-corrected chi connectivity index (χ2v) is 7.95. The van der Waals surface area contributed by atoms with Crippen LogP contribution in [0, 0.1) is 0 Å². The first-order valence-corrected chi connectivity index (χ1v) is 11.5. The van der Waals surface area contributed by atoms with Crippen molar-refractivity contribution in [2.45, 2.75) is 43.4 Å². The summed E-state index contributed by atoms with van der Waals surface area (Å²) in [4.78, 5) is 59.7. The van der Waals surface area contributed by atoms with Crippen LogP contribution in [0.25, 0.3) is 0 Å². The standard InChI is InChI=1S/C18H31N9O5S2/c19-10(6-33)14(28)25-11(2-1-3-23-18(20)21)15(29)27-13(7-34)16(30)26-12(17(31)32)4-9-5-22-8-24-9/h5,8,10-13,33-34H,1-4,6-7,19H2,(H,22,24)(H,25,28)(H,26,30)(H,27,29)(H,31,32)(H4,20,21,23). The van der Waals surface area contributed by atoms with Crippen molar-refractivity contribution in [3.63, 3.8) is 0 Å². The highest BCUT2D eigenvalue weighted by Crippen LogP contribution is 2.03. The zero-order valence-corrected chi connectivity index (χ0v) is 20.1. The molecule has 0 aromatic carbocycles. The van der Waals surface area contributed by atoms with E-state index in [0.717, 1.165) is 0 Å². The number of carbonyl (C=O) groups is 4. The Bertz CT molecular complexity index is 849. The fourth-order valence-electron chi connectivity index (χ4n) is 2.69. The Morgan fingerprint density at radius 1 is 1.03 bits per heavy atom. The molecule has 0 aliphatic heterocycles. The Hall–Kier alpha value is -2.98. The Kier molecular flexibility index (Phi) is 12.8. The van der Waals surface area contributed by atoms with Gasteiger partial charge in [0.05, 0.1) is 12.4 Å². The average molecular weight is 518 g/mol. The number of amides is 3. The number of aromatic amines is 1. The molecule has 0 aliphatic rings. The van der Waals surface area contributed by atoms with Crippen molar-refractivity contribution < 1.29 is 24.3 Å². The Morgan fingerprint density at radius 2 is 1.65 bits per heavy atom. The number of carboxylic acids is 1. The van der Waals surface area contributed by atoms with Crippen LogP contribution in [0.3, 0.4) is 0 Å². The van der Waals surface area contributed by atoms with Gasteiger partial charge in [-0.15, -0.1) is 0 Å². The van der Waals surface area contributed by atoms with E-state index in [4.69, 9.17) is 17.2 Å². The molecule has 11 N–H and O–H groups in total. The average Bonchev–Trinajstić information content (AvgIpc) is 3.30. The molecule has 34 heavy (non-hydrogen) atoms. The number of guanidine groups is 1. The van der Waals surface area contributed by atoms with Crippen LogP contribution in [0.15, 0.2) is 17.5 Å². The molecule has 1 heterocycles. The summed E-state index contributed by atoms with van der Waals surface area (Å²) in [5.74, 6) is -3.49. The molecule has 0 radical (unpaired) electrons. The molecule has 0 bridgehead atoms. The molecule has 4 unspecified atom stereocenters. The number of hydrogen-bond acceptors (Lipinski definition) is 9. The maximum absolute atomic E-state index is 12.9. The molecule has 1 aromatic rings. The van der Waals surface area contributed by atoms with E-state index in [9.17, 15) is 24.3 Å². The first-order chi connectivity index (χ1) is 16.1. The summed E-state index contributed by atoms with van der Waals surface area (Å²) in [6.45, 7) is 0.213. The predicted octanol–water partition coefficient (Wildman–Crippen LogP) is -3.27. The van der Waals surface area contributed by atoms with E-state index in [2.05, 4.69) is 56.2 Å². The summed E-state index contributed by atoms with van der Waals surface area (Å²) in [6.07, 6.45) is 3.26. The number of aliphatic imine (C=N–C) groups is 1. The number of aliphatic carboxylic acids is 1. The summed E-state index contributed by atoms with van der Waals surface area (Å²) < 4.78 is 0. The molecule has 1 rings (SSSR count). The lowest BCUT2D eigenvalue weighted by molar-refractivity contribution is -0.142. The number of rotatable bonds is 15. The van der Waals surface area contributed by atoms with Gasteiger partial charge in [0.1, 0.15) is 18.1 Å². The second kappa shape index (κ2) is 15.0. The highest BCUT2D eigenvalue weighted by Gasteiger charge is 2.29. The van der Waals surface area contributed by atoms with Gasteiger partial charge in [-0.05, 0) is 12.8 Å². The minimum Gasteiger partial charge on any atom is -0.480 e. The molecule has 1 aromatic heterocycles. The fourth-order valence-corrected chi connectivity index (χ4v) is 3.11. The number of H-pyrrole nitrogens is 1. The van der Waals surface area contributed by atoms with Gasteiger partial charge in [-0.2, -0.15) is 25.3 Å². The van der Waals surface area contributed by atoms with E-state index in [1.165, 1.54) is 12.5 Å². The van der Waals surface area contributed by atoms with Gasteiger partial charge in [0, 0.05) is 36.4 Å². The lowest BCUT2D eigenvalue weighted by Crippen LogP contribution is -2.58. The molecule has 3 amide bonds. The molecular formula is C18H31N9O5S2. The number of nitrogens with one attached hydrogen (secondary N) is 4. The number of nitrogens with two attached hydrogens (primary N) is 3.